The molecule has 0 saturated heterocycles. The highest BCUT2D eigenvalue weighted by atomic mass is 16.5. The average Bonchev–Trinajstić information content (AvgIpc) is 2.60. The van der Waals surface area contributed by atoms with Gasteiger partial charge in [0.1, 0.15) is 5.75 Å². The van der Waals surface area contributed by atoms with E-state index in [-0.39, 0.29) is 5.91 Å². The van der Waals surface area contributed by atoms with Gasteiger partial charge in [0, 0.05) is 19.2 Å². The Morgan fingerprint density at radius 1 is 1.21 bits per heavy atom. The third-order valence-corrected chi connectivity index (χ3v) is 4.23. The summed E-state index contributed by atoms with van der Waals surface area (Å²) in [7, 11) is 3.72. The summed E-state index contributed by atoms with van der Waals surface area (Å²) in [5.74, 6) is 0.477. The van der Waals surface area contributed by atoms with Crippen molar-refractivity contribution in [1.82, 2.24) is 4.90 Å². The van der Waals surface area contributed by atoms with Crippen molar-refractivity contribution in [3.05, 3.63) is 65.2 Å². The number of nitrogens with zero attached hydrogens (tertiary/aromatic N) is 1. The Labute approximate surface area is 142 Å². The normalized spacial score (nSPS) is 14.4. The fourth-order valence-corrected chi connectivity index (χ4v) is 2.92. The SMILES string of the molecule is COc1ccccc1NC(=O)/C=C/c1ccc2c(c1)CN(C)CC2. The minimum atomic E-state index is -0.172. The van der Waals surface area contributed by atoms with Crippen LogP contribution in [0.5, 0.6) is 5.75 Å². The van der Waals surface area contributed by atoms with E-state index in [2.05, 4.69) is 35.5 Å². The first-order valence-corrected chi connectivity index (χ1v) is 8.08. The van der Waals surface area contributed by atoms with Gasteiger partial charge in [-0.2, -0.15) is 0 Å². The van der Waals surface area contributed by atoms with Crippen LogP contribution in [0.1, 0.15) is 16.7 Å². The second-order valence-corrected chi connectivity index (χ2v) is 6.04. The lowest BCUT2D eigenvalue weighted by atomic mass is 9.97. The molecule has 0 atom stereocenters. The molecular weight excluding hydrogens is 300 g/mol. The molecule has 0 spiro atoms. The fraction of sp³-hybridized carbons (Fsp3) is 0.250. The predicted octanol–water partition coefficient (Wildman–Crippen LogP) is 3.34. The van der Waals surface area contributed by atoms with Crippen molar-refractivity contribution in [2.45, 2.75) is 13.0 Å². The topological polar surface area (TPSA) is 41.6 Å². The van der Waals surface area contributed by atoms with Crippen LogP contribution in [-0.4, -0.2) is 31.5 Å². The molecule has 1 N–H and O–H groups in total. The summed E-state index contributed by atoms with van der Waals surface area (Å²) in [5, 5.41) is 2.84. The van der Waals surface area contributed by atoms with Crippen LogP contribution < -0.4 is 10.1 Å². The number of methoxy groups -OCH3 is 1. The van der Waals surface area contributed by atoms with Gasteiger partial charge in [0.25, 0.3) is 0 Å². The fourth-order valence-electron chi connectivity index (χ4n) is 2.92. The highest BCUT2D eigenvalue weighted by molar-refractivity contribution is 6.02. The molecule has 0 radical (unpaired) electrons. The summed E-state index contributed by atoms with van der Waals surface area (Å²) in [6, 6.07) is 13.8. The number of ether oxygens (including phenoxy) is 1. The molecule has 0 bridgehead atoms. The van der Waals surface area contributed by atoms with Crippen LogP contribution in [0, 0.1) is 0 Å². The molecule has 0 aromatic heterocycles. The second-order valence-electron chi connectivity index (χ2n) is 6.04. The zero-order valence-corrected chi connectivity index (χ0v) is 14.1. The maximum atomic E-state index is 12.1. The van der Waals surface area contributed by atoms with Crippen molar-refractivity contribution >= 4 is 17.7 Å². The van der Waals surface area contributed by atoms with Crippen molar-refractivity contribution in [1.29, 1.82) is 0 Å². The molecule has 2 aromatic rings. The Balaban J connectivity index is 1.69. The number of benzene rings is 2. The Hall–Kier alpha value is -2.59. The van der Waals surface area contributed by atoms with Crippen LogP contribution in [0.2, 0.25) is 0 Å². The van der Waals surface area contributed by atoms with E-state index in [1.54, 1.807) is 13.2 Å². The molecule has 0 fully saturated rings. The highest BCUT2D eigenvalue weighted by Gasteiger charge is 2.12. The first kappa shape index (κ1) is 16.3. The Morgan fingerprint density at radius 2 is 2.04 bits per heavy atom. The van der Waals surface area contributed by atoms with E-state index in [0.717, 1.165) is 25.1 Å². The molecule has 0 aliphatic carbocycles. The van der Waals surface area contributed by atoms with Gasteiger partial charge in [-0.25, -0.2) is 0 Å². The zero-order chi connectivity index (χ0) is 16.9. The molecule has 0 unspecified atom stereocenters. The summed E-state index contributed by atoms with van der Waals surface area (Å²) >= 11 is 0. The van der Waals surface area contributed by atoms with E-state index in [4.69, 9.17) is 4.74 Å². The van der Waals surface area contributed by atoms with Gasteiger partial charge < -0.3 is 15.0 Å². The van der Waals surface area contributed by atoms with Gasteiger partial charge in [0.2, 0.25) is 5.91 Å². The number of hydrogen-bond donors (Lipinski definition) is 1. The van der Waals surface area contributed by atoms with E-state index in [0.29, 0.717) is 11.4 Å². The standard InChI is InChI=1S/C20H22N2O2/c1-22-12-11-16-9-7-15(13-17(16)14-22)8-10-20(23)21-18-5-3-4-6-19(18)24-2/h3-10,13H,11-12,14H2,1-2H3,(H,21,23)/b10-8+. The van der Waals surface area contributed by atoms with E-state index in [9.17, 15) is 4.79 Å². The summed E-state index contributed by atoms with van der Waals surface area (Å²) in [4.78, 5) is 14.4. The Bertz CT molecular complexity index is 768. The molecular formula is C20H22N2O2. The van der Waals surface area contributed by atoms with Gasteiger partial charge in [-0.15, -0.1) is 0 Å². The number of amides is 1. The van der Waals surface area contributed by atoms with E-state index >= 15 is 0 Å². The summed E-state index contributed by atoms with van der Waals surface area (Å²) in [6.45, 7) is 2.06. The molecule has 0 saturated carbocycles. The first-order chi connectivity index (χ1) is 11.7. The minimum absolute atomic E-state index is 0.172. The molecule has 1 aliphatic rings. The molecule has 2 aromatic carbocycles. The number of carbonyl (C=O) groups excluding carboxylic acids is 1. The highest BCUT2D eigenvalue weighted by Crippen LogP contribution is 2.23. The third-order valence-electron chi connectivity index (χ3n) is 4.23. The number of likely N-dealkylation sites (N-methyl/N-ethyl adjacent to an activating group) is 1. The predicted molar refractivity (Wildman–Crippen MR) is 97.1 cm³/mol. The molecule has 1 aliphatic heterocycles. The van der Waals surface area contributed by atoms with Crippen LogP contribution in [0.4, 0.5) is 5.69 Å². The van der Waals surface area contributed by atoms with Gasteiger partial charge in [-0.05, 0) is 48.4 Å². The Morgan fingerprint density at radius 3 is 2.88 bits per heavy atom. The van der Waals surface area contributed by atoms with Gasteiger partial charge in [-0.1, -0.05) is 30.3 Å². The number of nitrogens with one attached hydrogen (secondary N) is 1. The number of fused-ring (bicyclic) bond motifs is 1. The zero-order valence-electron chi connectivity index (χ0n) is 14.1. The van der Waals surface area contributed by atoms with Crippen molar-refractivity contribution < 1.29 is 9.53 Å². The van der Waals surface area contributed by atoms with Gasteiger partial charge in [-0.3, -0.25) is 4.79 Å². The van der Waals surface area contributed by atoms with E-state index < -0.39 is 0 Å². The molecule has 24 heavy (non-hydrogen) atoms. The van der Waals surface area contributed by atoms with Crippen LogP contribution in [0.25, 0.3) is 6.08 Å². The van der Waals surface area contributed by atoms with E-state index in [1.165, 1.54) is 11.1 Å². The van der Waals surface area contributed by atoms with Gasteiger partial charge in [0.15, 0.2) is 0 Å². The van der Waals surface area contributed by atoms with Gasteiger partial charge >= 0.3 is 0 Å². The maximum Gasteiger partial charge on any atom is 0.248 e. The minimum Gasteiger partial charge on any atom is -0.495 e. The van der Waals surface area contributed by atoms with E-state index in [1.807, 2.05) is 30.3 Å². The number of rotatable bonds is 4. The number of carbonyl (C=O) groups is 1. The molecule has 3 rings (SSSR count). The van der Waals surface area contributed by atoms with Gasteiger partial charge in [0.05, 0.1) is 12.8 Å². The summed E-state index contributed by atoms with van der Waals surface area (Å²) < 4.78 is 5.24. The molecule has 1 amide bonds. The number of para-hydroxylation sites is 2. The van der Waals surface area contributed by atoms with Crippen LogP contribution in [0.15, 0.2) is 48.5 Å². The lowest BCUT2D eigenvalue weighted by Gasteiger charge is -2.25. The van der Waals surface area contributed by atoms with Crippen LogP contribution in [0.3, 0.4) is 0 Å². The molecule has 1 heterocycles. The third kappa shape index (κ3) is 3.84. The van der Waals surface area contributed by atoms with Crippen molar-refractivity contribution in [2.75, 3.05) is 26.0 Å². The molecule has 4 heteroatoms. The number of hydrogen-bond acceptors (Lipinski definition) is 3. The lowest BCUT2D eigenvalue weighted by molar-refractivity contribution is -0.111. The molecule has 124 valence electrons. The van der Waals surface area contributed by atoms with Crippen molar-refractivity contribution in [3.63, 3.8) is 0 Å². The Kier molecular flexibility index (Phi) is 4.96. The smallest absolute Gasteiger partial charge is 0.248 e. The number of anilines is 1. The second kappa shape index (κ2) is 7.32. The monoisotopic (exact) mass is 322 g/mol. The maximum absolute atomic E-state index is 12.1. The van der Waals surface area contributed by atoms with Crippen LogP contribution in [-0.2, 0) is 17.8 Å². The quantitative estimate of drug-likeness (QED) is 0.878. The lowest BCUT2D eigenvalue weighted by Crippen LogP contribution is -2.26. The summed E-state index contributed by atoms with van der Waals surface area (Å²) in [5.41, 5.74) is 4.46. The molecule has 4 nitrogen and oxygen atoms in total. The van der Waals surface area contributed by atoms with Crippen molar-refractivity contribution in [3.8, 4) is 5.75 Å². The first-order valence-electron chi connectivity index (χ1n) is 8.08. The average molecular weight is 322 g/mol. The largest absolute Gasteiger partial charge is 0.495 e. The van der Waals surface area contributed by atoms with Crippen molar-refractivity contribution in [2.24, 2.45) is 0 Å². The summed E-state index contributed by atoms with van der Waals surface area (Å²) in [6.07, 6.45) is 4.49. The van der Waals surface area contributed by atoms with Crippen LogP contribution >= 0.6 is 0 Å².